The number of nitrogens with one attached hydrogen (secondary N) is 1. The maximum absolute atomic E-state index is 12.4. The van der Waals surface area contributed by atoms with Crippen LogP contribution in [0.15, 0.2) is 4.42 Å². The molecule has 3 rings (SSSR count). The molecule has 0 radical (unpaired) electrons. The van der Waals surface area contributed by atoms with E-state index in [9.17, 15) is 4.79 Å². The minimum atomic E-state index is -0.322. The van der Waals surface area contributed by atoms with E-state index >= 15 is 0 Å². The molecule has 1 aromatic rings. The molecule has 2 aliphatic rings. The Morgan fingerprint density at radius 3 is 2.50 bits per heavy atom. The van der Waals surface area contributed by atoms with Crippen LogP contribution in [0.1, 0.15) is 17.3 Å². The number of oxazole rings is 1. The highest BCUT2D eigenvalue weighted by molar-refractivity contribution is 5.85. The number of halogens is 2. The second kappa shape index (κ2) is 9.58. The minimum absolute atomic E-state index is 0. The fourth-order valence-corrected chi connectivity index (χ4v) is 2.85. The summed E-state index contributed by atoms with van der Waals surface area (Å²) in [5.41, 5.74) is 0.950. The largest absolute Gasteiger partial charge is 0.444 e. The molecule has 0 saturated carbocycles. The maximum atomic E-state index is 12.4. The molecule has 1 atom stereocenters. The van der Waals surface area contributed by atoms with Crippen molar-refractivity contribution in [1.29, 1.82) is 0 Å². The van der Waals surface area contributed by atoms with Crippen molar-refractivity contribution in [1.82, 2.24) is 20.1 Å². The van der Waals surface area contributed by atoms with Crippen molar-refractivity contribution >= 4 is 30.7 Å². The molecule has 1 N–H and O–H groups in total. The highest BCUT2D eigenvalue weighted by atomic mass is 35.5. The smallest absolute Gasteiger partial charge is 0.253 e. The number of amides is 1. The van der Waals surface area contributed by atoms with Gasteiger partial charge in [-0.3, -0.25) is 9.69 Å². The lowest BCUT2D eigenvalue weighted by molar-refractivity contribution is -0.147. The van der Waals surface area contributed by atoms with E-state index in [1.165, 1.54) is 0 Å². The average molecular weight is 381 g/mol. The van der Waals surface area contributed by atoms with Gasteiger partial charge in [0.2, 0.25) is 5.89 Å². The Balaban J connectivity index is 0.00000144. The first-order valence-electron chi connectivity index (χ1n) is 7.90. The lowest BCUT2D eigenvalue weighted by Gasteiger charge is -2.36. The minimum Gasteiger partial charge on any atom is -0.444 e. The second-order valence-electron chi connectivity index (χ2n) is 5.91. The van der Waals surface area contributed by atoms with E-state index < -0.39 is 0 Å². The third-order valence-corrected chi connectivity index (χ3v) is 4.32. The second-order valence-corrected chi connectivity index (χ2v) is 5.91. The quantitative estimate of drug-likeness (QED) is 0.834. The van der Waals surface area contributed by atoms with Crippen LogP contribution in [0.4, 0.5) is 0 Å². The summed E-state index contributed by atoms with van der Waals surface area (Å²) >= 11 is 0. The fourth-order valence-electron chi connectivity index (χ4n) is 2.85. The molecule has 3 heterocycles. The molecule has 2 saturated heterocycles. The van der Waals surface area contributed by atoms with E-state index in [4.69, 9.17) is 9.15 Å². The van der Waals surface area contributed by atoms with Crippen molar-refractivity contribution in [3.05, 3.63) is 17.3 Å². The molecule has 0 bridgehead atoms. The van der Waals surface area contributed by atoms with Crippen molar-refractivity contribution in [3.63, 3.8) is 0 Å². The van der Waals surface area contributed by atoms with Gasteiger partial charge in [0.15, 0.2) is 0 Å². The van der Waals surface area contributed by atoms with Crippen molar-refractivity contribution < 1.29 is 13.9 Å². The van der Waals surface area contributed by atoms with Gasteiger partial charge in [-0.1, -0.05) is 0 Å². The molecule has 138 valence electrons. The number of aromatic nitrogens is 1. The first-order chi connectivity index (χ1) is 10.6. The number of piperazine rings is 1. The van der Waals surface area contributed by atoms with E-state index in [1.807, 2.05) is 18.7 Å². The van der Waals surface area contributed by atoms with Gasteiger partial charge in [0.05, 0.1) is 18.8 Å². The van der Waals surface area contributed by atoms with Gasteiger partial charge in [-0.25, -0.2) is 4.98 Å². The standard InChI is InChI=1S/C15H24N4O3.2ClH/c1-11-12(2)22-14(17-11)10-18-4-6-19(7-5-18)15(20)13-9-16-3-8-21-13;;/h13,16H,3-10H2,1-2H3;2*1H. The molecule has 0 aromatic carbocycles. The third kappa shape index (κ3) is 5.07. The van der Waals surface area contributed by atoms with Gasteiger partial charge in [0.1, 0.15) is 11.9 Å². The molecular weight excluding hydrogens is 355 g/mol. The van der Waals surface area contributed by atoms with Crippen LogP contribution in [-0.4, -0.2) is 72.7 Å². The number of carbonyl (C=O) groups is 1. The monoisotopic (exact) mass is 380 g/mol. The zero-order valence-electron chi connectivity index (χ0n) is 14.1. The molecule has 2 aliphatic heterocycles. The van der Waals surface area contributed by atoms with Crippen LogP contribution in [0.3, 0.4) is 0 Å². The van der Waals surface area contributed by atoms with Gasteiger partial charge in [-0.15, -0.1) is 24.8 Å². The maximum Gasteiger partial charge on any atom is 0.253 e. The normalized spacial score (nSPS) is 21.8. The number of hydrogen-bond donors (Lipinski definition) is 1. The topological polar surface area (TPSA) is 70.8 Å². The molecule has 1 unspecified atom stereocenters. The highest BCUT2D eigenvalue weighted by Crippen LogP contribution is 2.13. The summed E-state index contributed by atoms with van der Waals surface area (Å²) < 4.78 is 11.2. The van der Waals surface area contributed by atoms with Crippen molar-refractivity contribution in [2.24, 2.45) is 0 Å². The van der Waals surface area contributed by atoms with E-state index in [2.05, 4.69) is 15.2 Å². The van der Waals surface area contributed by atoms with Gasteiger partial charge in [-0.2, -0.15) is 0 Å². The Morgan fingerprint density at radius 2 is 1.96 bits per heavy atom. The average Bonchev–Trinajstić information content (AvgIpc) is 2.86. The first kappa shape index (κ1) is 21.2. The summed E-state index contributed by atoms with van der Waals surface area (Å²) in [7, 11) is 0. The number of carbonyl (C=O) groups excluding carboxylic acids is 1. The highest BCUT2D eigenvalue weighted by Gasteiger charge is 2.29. The number of nitrogens with zero attached hydrogens (tertiary/aromatic N) is 3. The lowest BCUT2D eigenvalue weighted by atomic mass is 10.2. The Morgan fingerprint density at radius 1 is 1.25 bits per heavy atom. The van der Waals surface area contributed by atoms with Gasteiger partial charge in [-0.05, 0) is 13.8 Å². The molecule has 2 fully saturated rings. The third-order valence-electron chi connectivity index (χ3n) is 4.32. The Kier molecular flexibility index (Phi) is 8.45. The van der Waals surface area contributed by atoms with Crippen LogP contribution < -0.4 is 5.32 Å². The summed E-state index contributed by atoms with van der Waals surface area (Å²) in [6, 6.07) is 0. The number of morpholine rings is 1. The van der Waals surface area contributed by atoms with Crippen LogP contribution in [0.2, 0.25) is 0 Å². The Hall–Kier alpha value is -0.860. The van der Waals surface area contributed by atoms with Crippen LogP contribution in [0.5, 0.6) is 0 Å². The molecule has 9 heteroatoms. The Labute approximate surface area is 154 Å². The van der Waals surface area contributed by atoms with Gasteiger partial charge in [0, 0.05) is 39.3 Å². The van der Waals surface area contributed by atoms with Gasteiger partial charge >= 0.3 is 0 Å². The molecular formula is C15H26Cl2N4O3. The van der Waals surface area contributed by atoms with Crippen molar-refractivity contribution in [2.45, 2.75) is 26.5 Å². The van der Waals surface area contributed by atoms with E-state index in [-0.39, 0.29) is 36.8 Å². The zero-order chi connectivity index (χ0) is 15.5. The van der Waals surface area contributed by atoms with E-state index in [1.54, 1.807) is 0 Å². The number of ether oxygens (including phenoxy) is 1. The summed E-state index contributed by atoms with van der Waals surface area (Å²) in [4.78, 5) is 21.0. The molecule has 0 aliphatic carbocycles. The molecule has 1 aromatic heterocycles. The first-order valence-corrected chi connectivity index (χ1v) is 7.90. The number of aryl methyl sites for hydroxylation is 2. The zero-order valence-corrected chi connectivity index (χ0v) is 15.8. The van der Waals surface area contributed by atoms with Crippen LogP contribution in [-0.2, 0) is 16.1 Å². The van der Waals surface area contributed by atoms with Crippen molar-refractivity contribution in [2.75, 3.05) is 45.9 Å². The predicted octanol–water partition coefficient (Wildman–Crippen LogP) is 0.768. The van der Waals surface area contributed by atoms with Crippen LogP contribution >= 0.6 is 24.8 Å². The molecule has 24 heavy (non-hydrogen) atoms. The lowest BCUT2D eigenvalue weighted by Crippen LogP contribution is -2.54. The number of hydrogen-bond acceptors (Lipinski definition) is 6. The fraction of sp³-hybridized carbons (Fsp3) is 0.733. The van der Waals surface area contributed by atoms with Crippen LogP contribution in [0, 0.1) is 13.8 Å². The summed E-state index contributed by atoms with van der Waals surface area (Å²) in [6.07, 6.45) is -0.322. The Bertz CT molecular complexity index is 507. The molecule has 7 nitrogen and oxygen atoms in total. The van der Waals surface area contributed by atoms with Crippen LogP contribution in [0.25, 0.3) is 0 Å². The summed E-state index contributed by atoms with van der Waals surface area (Å²) in [6.45, 7) is 9.79. The summed E-state index contributed by atoms with van der Waals surface area (Å²) in [5.74, 6) is 1.75. The van der Waals surface area contributed by atoms with Gasteiger partial charge in [0.25, 0.3) is 5.91 Å². The predicted molar refractivity (Wildman–Crippen MR) is 94.9 cm³/mol. The molecule has 1 amide bonds. The SMILES string of the molecule is Cc1nc(CN2CCN(C(=O)C3CNCCO3)CC2)oc1C.Cl.Cl. The number of rotatable bonds is 3. The van der Waals surface area contributed by atoms with Crippen molar-refractivity contribution in [3.8, 4) is 0 Å². The van der Waals surface area contributed by atoms with Gasteiger partial charge < -0.3 is 19.4 Å². The molecule has 0 spiro atoms. The summed E-state index contributed by atoms with van der Waals surface area (Å²) in [5, 5.41) is 3.20. The van der Waals surface area contributed by atoms with E-state index in [0.29, 0.717) is 19.7 Å². The van der Waals surface area contributed by atoms with E-state index in [0.717, 1.165) is 50.1 Å².